The molecule has 0 nitrogen and oxygen atoms in total. The fraction of sp³-hybridized carbons (Fsp3) is 0.200. The molecule has 0 heterocycles. The third kappa shape index (κ3) is 4.38. The van der Waals surface area contributed by atoms with Crippen LogP contribution in [0.3, 0.4) is 0 Å². The van der Waals surface area contributed by atoms with E-state index >= 15 is 0 Å². The summed E-state index contributed by atoms with van der Waals surface area (Å²) >= 11 is 0. The monoisotopic (exact) mass is 348 g/mol. The van der Waals surface area contributed by atoms with Gasteiger partial charge in [-0.2, -0.15) is 46.6 Å². The first-order valence-corrected chi connectivity index (χ1v) is 7.26. The summed E-state index contributed by atoms with van der Waals surface area (Å²) in [6.07, 6.45) is 32.3. The Labute approximate surface area is 146 Å². The summed E-state index contributed by atoms with van der Waals surface area (Å²) in [6.45, 7) is 0. The second kappa shape index (κ2) is 8.30. The minimum absolute atomic E-state index is 0. The quantitative estimate of drug-likeness (QED) is 0.532. The topological polar surface area (TPSA) is 0 Å². The van der Waals surface area contributed by atoms with Crippen molar-refractivity contribution in [3.05, 3.63) is 95.2 Å². The van der Waals surface area contributed by atoms with Crippen molar-refractivity contribution in [3.63, 3.8) is 0 Å². The Morgan fingerprint density at radius 1 is 0.667 bits per heavy atom. The molecule has 0 saturated carbocycles. The van der Waals surface area contributed by atoms with Crippen LogP contribution in [0.2, 0.25) is 0 Å². The first kappa shape index (κ1) is 16.2. The zero-order valence-corrected chi connectivity index (χ0v) is 14.6. The summed E-state index contributed by atoms with van der Waals surface area (Å²) in [5.41, 5.74) is 5.41. The van der Waals surface area contributed by atoms with Crippen LogP contribution in [0.25, 0.3) is 0 Å². The smallest absolute Gasteiger partial charge is 0.172 e. The van der Waals surface area contributed by atoms with Crippen LogP contribution in [0.5, 0.6) is 0 Å². The summed E-state index contributed by atoms with van der Waals surface area (Å²) in [5, 5.41) is 0. The van der Waals surface area contributed by atoms with Crippen LogP contribution < -0.4 is 0 Å². The van der Waals surface area contributed by atoms with Crippen molar-refractivity contribution < 1.29 is 26.2 Å². The summed E-state index contributed by atoms with van der Waals surface area (Å²) in [5.74, 6) is 0. The summed E-state index contributed by atoms with van der Waals surface area (Å²) in [4.78, 5) is 0. The third-order valence-electron chi connectivity index (χ3n) is 3.70. The molecule has 0 aliphatic heterocycles. The molecule has 4 aliphatic rings. The Morgan fingerprint density at radius 3 is 1.62 bits per heavy atom. The molecule has 0 fully saturated rings. The Bertz CT molecular complexity index is 560. The van der Waals surface area contributed by atoms with Crippen molar-refractivity contribution in [3.8, 4) is 0 Å². The molecular formula is C20H18Zr. The largest absolute Gasteiger partial charge is 2.00 e. The molecule has 0 unspecified atom stereocenters. The van der Waals surface area contributed by atoms with Gasteiger partial charge in [-0.3, -0.25) is 0 Å². The van der Waals surface area contributed by atoms with Gasteiger partial charge < -0.3 is 0 Å². The number of fused-ring (bicyclic) bond motifs is 2. The van der Waals surface area contributed by atoms with Crippen LogP contribution >= 0.6 is 0 Å². The van der Waals surface area contributed by atoms with E-state index in [0.717, 1.165) is 0 Å². The first-order chi connectivity index (χ1) is 9.93. The van der Waals surface area contributed by atoms with Crippen LogP contribution in [0.4, 0.5) is 0 Å². The van der Waals surface area contributed by atoms with Gasteiger partial charge in [-0.15, -0.1) is 36.5 Å². The predicted molar refractivity (Wildman–Crippen MR) is 84.7 cm³/mol. The fourth-order valence-electron chi connectivity index (χ4n) is 2.57. The average Bonchev–Trinajstić information content (AvgIpc) is 2.98. The van der Waals surface area contributed by atoms with Gasteiger partial charge in [0.15, 0.2) is 0 Å². The van der Waals surface area contributed by atoms with Gasteiger partial charge >= 0.3 is 26.2 Å². The Morgan fingerprint density at radius 2 is 1.14 bits per heavy atom. The van der Waals surface area contributed by atoms with Gasteiger partial charge in [-0.05, 0) is 12.8 Å². The molecule has 0 N–H and O–H groups in total. The number of rotatable bonds is 0. The van der Waals surface area contributed by atoms with Gasteiger partial charge in [0.25, 0.3) is 0 Å². The Hall–Kier alpha value is -1.20. The summed E-state index contributed by atoms with van der Waals surface area (Å²) in [7, 11) is 0. The van der Waals surface area contributed by atoms with E-state index in [0.29, 0.717) is 0 Å². The minimum Gasteiger partial charge on any atom is -0.172 e. The molecule has 0 bridgehead atoms. The zero-order valence-electron chi connectivity index (χ0n) is 12.1. The maximum absolute atomic E-state index is 3.19. The van der Waals surface area contributed by atoms with Gasteiger partial charge in [0, 0.05) is 0 Å². The fourth-order valence-corrected chi connectivity index (χ4v) is 2.57. The summed E-state index contributed by atoms with van der Waals surface area (Å²) in [6, 6.07) is 0. The predicted octanol–water partition coefficient (Wildman–Crippen LogP) is 5.12. The first-order valence-electron chi connectivity index (χ1n) is 7.26. The number of allylic oxidation sites excluding steroid dienone is 16. The van der Waals surface area contributed by atoms with Crippen LogP contribution in [0.15, 0.2) is 83.1 Å². The molecule has 0 radical (unpaired) electrons. The minimum atomic E-state index is 0. The number of hydrogen-bond donors (Lipinski definition) is 0. The van der Waals surface area contributed by atoms with E-state index in [-0.39, 0.29) is 26.2 Å². The molecule has 0 atom stereocenters. The van der Waals surface area contributed by atoms with Gasteiger partial charge in [-0.25, -0.2) is 0 Å². The second-order valence-corrected chi connectivity index (χ2v) is 5.10. The van der Waals surface area contributed by atoms with E-state index in [2.05, 4.69) is 60.8 Å². The van der Waals surface area contributed by atoms with E-state index in [9.17, 15) is 0 Å². The second-order valence-electron chi connectivity index (χ2n) is 5.10. The molecular weight excluding hydrogens is 331 g/mol. The van der Waals surface area contributed by atoms with Crippen molar-refractivity contribution in [2.75, 3.05) is 0 Å². The van der Waals surface area contributed by atoms with E-state index in [4.69, 9.17) is 0 Å². The molecule has 1 heteroatoms. The van der Waals surface area contributed by atoms with Gasteiger partial charge in [0.1, 0.15) is 0 Å². The molecule has 0 aromatic rings. The van der Waals surface area contributed by atoms with Crippen LogP contribution in [0.1, 0.15) is 25.7 Å². The van der Waals surface area contributed by atoms with Crippen molar-refractivity contribution in [1.82, 2.24) is 0 Å². The molecule has 4 rings (SSSR count). The van der Waals surface area contributed by atoms with Crippen LogP contribution in [-0.4, -0.2) is 0 Å². The molecule has 102 valence electrons. The van der Waals surface area contributed by atoms with Crippen molar-refractivity contribution in [2.24, 2.45) is 0 Å². The molecule has 0 saturated heterocycles. The van der Waals surface area contributed by atoms with Crippen molar-refractivity contribution in [2.45, 2.75) is 25.7 Å². The van der Waals surface area contributed by atoms with Gasteiger partial charge in [0.2, 0.25) is 0 Å². The third-order valence-corrected chi connectivity index (χ3v) is 3.70. The normalized spacial score (nSPS) is 20.6. The van der Waals surface area contributed by atoms with Gasteiger partial charge in [-0.1, -0.05) is 25.0 Å². The molecule has 4 aliphatic carbocycles. The van der Waals surface area contributed by atoms with Crippen LogP contribution in [-0.2, 0) is 26.2 Å². The average molecular weight is 350 g/mol. The molecule has 0 aromatic heterocycles. The van der Waals surface area contributed by atoms with Crippen LogP contribution in [0, 0.1) is 12.2 Å². The zero-order chi connectivity index (χ0) is 13.6. The standard InChI is InChI=1S/2C10H9.Zr/c2*1-2-5-9-7-4-8-10(9)6-3-1;/h2*1-2,4-5,8H,3,6H2;/q2*-1;+2. The Kier molecular flexibility index (Phi) is 6.39. The Balaban J connectivity index is 0.000000147. The molecule has 21 heavy (non-hydrogen) atoms. The molecule has 0 amide bonds. The van der Waals surface area contributed by atoms with Gasteiger partial charge in [0.05, 0.1) is 0 Å². The van der Waals surface area contributed by atoms with E-state index in [1.54, 1.807) is 0 Å². The SMILES string of the molecule is [C-]1=CC=C2CCC=CC=C12.[C-]1=CC=C2CCC=CC=C12.[Zr+2]. The maximum Gasteiger partial charge on any atom is 2.00 e. The molecule has 0 aromatic carbocycles. The van der Waals surface area contributed by atoms with E-state index in [1.165, 1.54) is 48.0 Å². The number of hydrogen-bond acceptors (Lipinski definition) is 0. The van der Waals surface area contributed by atoms with Crippen molar-refractivity contribution >= 4 is 0 Å². The molecule has 0 spiro atoms. The van der Waals surface area contributed by atoms with E-state index in [1.807, 2.05) is 12.2 Å². The summed E-state index contributed by atoms with van der Waals surface area (Å²) < 4.78 is 0. The van der Waals surface area contributed by atoms with E-state index < -0.39 is 0 Å². The maximum atomic E-state index is 3.19. The van der Waals surface area contributed by atoms with Crippen molar-refractivity contribution in [1.29, 1.82) is 0 Å².